The fourth-order valence-electron chi connectivity index (χ4n) is 1.20. The van der Waals surface area contributed by atoms with Crippen molar-refractivity contribution in [3.8, 4) is 6.07 Å². The summed E-state index contributed by atoms with van der Waals surface area (Å²) in [7, 11) is 0. The maximum atomic E-state index is 8.73. The molecule has 0 N–H and O–H groups in total. The van der Waals surface area contributed by atoms with Gasteiger partial charge in [-0.2, -0.15) is 5.26 Å². The summed E-state index contributed by atoms with van der Waals surface area (Å²) >= 11 is 5.88. The molecular weight excluding hydrogens is 182 g/mol. The molecule has 1 rings (SSSR count). The van der Waals surface area contributed by atoms with Gasteiger partial charge in [0, 0.05) is 5.02 Å². The van der Waals surface area contributed by atoms with Crippen LogP contribution >= 0.6 is 11.6 Å². The largest absolute Gasteiger partial charge is 0.192 e. The van der Waals surface area contributed by atoms with Gasteiger partial charge in [-0.25, -0.2) is 0 Å². The lowest BCUT2D eigenvalue weighted by Gasteiger charge is -2.09. The molecule has 1 aromatic rings. The monoisotopic (exact) mass is 193 g/mol. The fourth-order valence-corrected chi connectivity index (χ4v) is 1.44. The summed E-state index contributed by atoms with van der Waals surface area (Å²) < 4.78 is 0. The molecular formula is C11H12ClN. The summed E-state index contributed by atoms with van der Waals surface area (Å²) in [4.78, 5) is 0. The first kappa shape index (κ1) is 10.1. The SMILES string of the molecule is CCC(C)c1cc(Cl)cc(C#N)c1. The quantitative estimate of drug-likeness (QED) is 0.702. The van der Waals surface area contributed by atoms with Crippen LogP contribution < -0.4 is 0 Å². The number of hydrogen-bond acceptors (Lipinski definition) is 1. The molecule has 0 amide bonds. The van der Waals surface area contributed by atoms with Crippen molar-refractivity contribution in [3.63, 3.8) is 0 Å². The molecule has 0 aliphatic rings. The predicted molar refractivity (Wildman–Crippen MR) is 54.9 cm³/mol. The van der Waals surface area contributed by atoms with Crippen molar-refractivity contribution in [2.24, 2.45) is 0 Å². The Morgan fingerprint density at radius 2 is 2.15 bits per heavy atom. The highest BCUT2D eigenvalue weighted by atomic mass is 35.5. The Hall–Kier alpha value is -1.00. The Morgan fingerprint density at radius 1 is 1.46 bits per heavy atom. The Bertz CT molecular complexity index is 338. The van der Waals surface area contributed by atoms with Gasteiger partial charge in [0.15, 0.2) is 0 Å². The molecule has 0 heterocycles. The van der Waals surface area contributed by atoms with Crippen LogP contribution in [0.1, 0.15) is 37.3 Å². The predicted octanol–water partition coefficient (Wildman–Crippen LogP) is 3.73. The zero-order valence-corrected chi connectivity index (χ0v) is 8.60. The first-order chi connectivity index (χ1) is 6.17. The lowest BCUT2D eigenvalue weighted by Crippen LogP contribution is -1.92. The molecule has 0 bridgehead atoms. The molecule has 68 valence electrons. The molecule has 0 saturated heterocycles. The van der Waals surface area contributed by atoms with Gasteiger partial charge in [0.2, 0.25) is 0 Å². The average molecular weight is 194 g/mol. The highest BCUT2D eigenvalue weighted by Crippen LogP contribution is 2.23. The van der Waals surface area contributed by atoms with E-state index < -0.39 is 0 Å². The van der Waals surface area contributed by atoms with Crippen LogP contribution in [0.4, 0.5) is 0 Å². The molecule has 0 aromatic heterocycles. The molecule has 13 heavy (non-hydrogen) atoms. The molecule has 1 unspecified atom stereocenters. The van der Waals surface area contributed by atoms with E-state index in [0.717, 1.165) is 12.0 Å². The second-order valence-electron chi connectivity index (χ2n) is 3.19. The highest BCUT2D eigenvalue weighted by molar-refractivity contribution is 6.30. The van der Waals surface area contributed by atoms with Crippen LogP contribution in [0.2, 0.25) is 5.02 Å². The van der Waals surface area contributed by atoms with E-state index >= 15 is 0 Å². The Labute approximate surface area is 84.0 Å². The number of nitriles is 1. The third-order valence-corrected chi connectivity index (χ3v) is 2.45. The summed E-state index contributed by atoms with van der Waals surface area (Å²) in [5, 5.41) is 9.38. The summed E-state index contributed by atoms with van der Waals surface area (Å²) in [5.74, 6) is 0.464. The maximum Gasteiger partial charge on any atom is 0.0992 e. The van der Waals surface area contributed by atoms with Gasteiger partial charge in [-0.05, 0) is 36.1 Å². The van der Waals surface area contributed by atoms with E-state index in [9.17, 15) is 0 Å². The van der Waals surface area contributed by atoms with Crippen molar-refractivity contribution in [3.05, 3.63) is 34.3 Å². The van der Waals surface area contributed by atoms with Crippen LogP contribution in [0.5, 0.6) is 0 Å². The van der Waals surface area contributed by atoms with Crippen LogP contribution in [0.25, 0.3) is 0 Å². The Kier molecular flexibility index (Phi) is 3.33. The van der Waals surface area contributed by atoms with Gasteiger partial charge in [-0.3, -0.25) is 0 Å². The van der Waals surface area contributed by atoms with E-state index in [0.29, 0.717) is 16.5 Å². The maximum absolute atomic E-state index is 8.73. The van der Waals surface area contributed by atoms with Gasteiger partial charge in [0.25, 0.3) is 0 Å². The van der Waals surface area contributed by atoms with Gasteiger partial charge in [0.1, 0.15) is 0 Å². The summed E-state index contributed by atoms with van der Waals surface area (Å²) in [6.45, 7) is 4.25. The minimum Gasteiger partial charge on any atom is -0.192 e. The van der Waals surface area contributed by atoms with E-state index in [1.807, 2.05) is 12.1 Å². The van der Waals surface area contributed by atoms with Crippen molar-refractivity contribution < 1.29 is 0 Å². The third kappa shape index (κ3) is 2.47. The number of halogens is 1. The molecule has 0 saturated carbocycles. The first-order valence-corrected chi connectivity index (χ1v) is 4.75. The van der Waals surface area contributed by atoms with Crippen LogP contribution in [0.3, 0.4) is 0 Å². The van der Waals surface area contributed by atoms with E-state index in [1.165, 1.54) is 0 Å². The fraction of sp³-hybridized carbons (Fsp3) is 0.364. The molecule has 1 aromatic carbocycles. The summed E-state index contributed by atoms with van der Waals surface area (Å²) in [6.07, 6.45) is 1.06. The smallest absolute Gasteiger partial charge is 0.0992 e. The zero-order chi connectivity index (χ0) is 9.84. The number of hydrogen-bond donors (Lipinski definition) is 0. The van der Waals surface area contributed by atoms with Crippen LogP contribution in [-0.4, -0.2) is 0 Å². The van der Waals surface area contributed by atoms with Crippen molar-refractivity contribution in [2.45, 2.75) is 26.2 Å². The van der Waals surface area contributed by atoms with Crippen molar-refractivity contribution >= 4 is 11.6 Å². The van der Waals surface area contributed by atoms with Crippen molar-refractivity contribution in [1.82, 2.24) is 0 Å². The second-order valence-corrected chi connectivity index (χ2v) is 3.63. The van der Waals surface area contributed by atoms with Crippen molar-refractivity contribution in [2.75, 3.05) is 0 Å². The first-order valence-electron chi connectivity index (χ1n) is 4.38. The zero-order valence-electron chi connectivity index (χ0n) is 7.84. The highest BCUT2D eigenvalue weighted by Gasteiger charge is 2.05. The number of benzene rings is 1. The van der Waals surface area contributed by atoms with Crippen LogP contribution in [0, 0.1) is 11.3 Å². The molecule has 1 atom stereocenters. The Morgan fingerprint density at radius 3 is 2.69 bits per heavy atom. The molecule has 2 heteroatoms. The minimum atomic E-state index is 0.464. The molecule has 0 radical (unpaired) electrons. The molecule has 0 fully saturated rings. The third-order valence-electron chi connectivity index (χ3n) is 2.23. The van der Waals surface area contributed by atoms with E-state index in [-0.39, 0.29) is 0 Å². The topological polar surface area (TPSA) is 23.8 Å². The summed E-state index contributed by atoms with van der Waals surface area (Å²) in [6, 6.07) is 7.62. The molecule has 0 aliphatic heterocycles. The number of rotatable bonds is 2. The molecule has 0 spiro atoms. The van der Waals surface area contributed by atoms with Gasteiger partial charge >= 0.3 is 0 Å². The van der Waals surface area contributed by atoms with Gasteiger partial charge in [-0.1, -0.05) is 25.4 Å². The normalized spacial score (nSPS) is 12.2. The van der Waals surface area contributed by atoms with Crippen LogP contribution in [0.15, 0.2) is 18.2 Å². The van der Waals surface area contributed by atoms with Crippen molar-refractivity contribution in [1.29, 1.82) is 5.26 Å². The molecule has 0 aliphatic carbocycles. The molecule has 1 nitrogen and oxygen atoms in total. The Balaban J connectivity index is 3.10. The lowest BCUT2D eigenvalue weighted by atomic mass is 9.97. The standard InChI is InChI=1S/C11H12ClN/c1-3-8(2)10-4-9(7-13)5-11(12)6-10/h4-6,8H,3H2,1-2H3. The van der Waals surface area contributed by atoms with E-state index in [1.54, 1.807) is 6.07 Å². The average Bonchev–Trinajstić information content (AvgIpc) is 2.15. The van der Waals surface area contributed by atoms with Gasteiger partial charge in [-0.15, -0.1) is 0 Å². The van der Waals surface area contributed by atoms with Gasteiger partial charge in [0.05, 0.1) is 11.6 Å². The number of nitrogens with zero attached hydrogens (tertiary/aromatic N) is 1. The summed E-state index contributed by atoms with van der Waals surface area (Å²) in [5.41, 5.74) is 1.79. The van der Waals surface area contributed by atoms with E-state index in [2.05, 4.69) is 19.9 Å². The van der Waals surface area contributed by atoms with Crippen LogP contribution in [-0.2, 0) is 0 Å². The van der Waals surface area contributed by atoms with Gasteiger partial charge < -0.3 is 0 Å². The lowest BCUT2D eigenvalue weighted by molar-refractivity contribution is 0.733. The van der Waals surface area contributed by atoms with E-state index in [4.69, 9.17) is 16.9 Å². The minimum absolute atomic E-state index is 0.464. The second kappa shape index (κ2) is 4.30.